The molecule has 3 heteroatoms. The van der Waals surface area contributed by atoms with Crippen molar-refractivity contribution in [3.63, 3.8) is 0 Å². The highest BCUT2D eigenvalue weighted by Crippen LogP contribution is 2.18. The van der Waals surface area contributed by atoms with Gasteiger partial charge in [0.2, 0.25) is 0 Å². The van der Waals surface area contributed by atoms with Gasteiger partial charge in [-0.2, -0.15) is 0 Å². The highest BCUT2D eigenvalue weighted by atomic mass is 35.5. The Bertz CT molecular complexity index is 430. The average Bonchev–Trinajstić information content (AvgIpc) is 2.26. The number of pyridine rings is 1. The molecule has 14 heavy (non-hydrogen) atoms. The Hall–Kier alpha value is -1.28. The van der Waals surface area contributed by atoms with E-state index in [-0.39, 0.29) is 0 Å². The molecule has 0 unspecified atom stereocenters. The molecular weight excluding hydrogens is 198 g/mol. The third kappa shape index (κ3) is 1.96. The molecule has 2 aromatic rings. The van der Waals surface area contributed by atoms with Crippen molar-refractivity contribution in [3.8, 4) is 5.75 Å². The van der Waals surface area contributed by atoms with Crippen LogP contribution in [-0.4, -0.2) is 17.5 Å². The van der Waals surface area contributed by atoms with E-state index in [1.807, 2.05) is 30.3 Å². The first-order valence-corrected chi connectivity index (χ1v) is 4.97. The van der Waals surface area contributed by atoms with Gasteiger partial charge >= 0.3 is 0 Å². The van der Waals surface area contributed by atoms with Gasteiger partial charge in [0.15, 0.2) is 0 Å². The summed E-state index contributed by atoms with van der Waals surface area (Å²) < 4.78 is 5.39. The van der Waals surface area contributed by atoms with Gasteiger partial charge in [0.25, 0.3) is 0 Å². The zero-order valence-corrected chi connectivity index (χ0v) is 8.37. The quantitative estimate of drug-likeness (QED) is 0.723. The molecule has 72 valence electrons. The van der Waals surface area contributed by atoms with Gasteiger partial charge in [-0.25, -0.2) is 0 Å². The number of ether oxygens (including phenoxy) is 1. The predicted octanol–water partition coefficient (Wildman–Crippen LogP) is 2.85. The lowest BCUT2D eigenvalue weighted by atomic mass is 10.2. The van der Waals surface area contributed by atoms with Crippen LogP contribution in [0.3, 0.4) is 0 Å². The summed E-state index contributed by atoms with van der Waals surface area (Å²) in [5, 5.41) is 1.12. The number of hydrogen-bond donors (Lipinski definition) is 0. The Kier molecular flexibility index (Phi) is 2.84. The van der Waals surface area contributed by atoms with E-state index < -0.39 is 0 Å². The first-order valence-electron chi connectivity index (χ1n) is 4.44. The van der Waals surface area contributed by atoms with E-state index in [1.165, 1.54) is 0 Å². The zero-order chi connectivity index (χ0) is 9.80. The lowest BCUT2D eigenvalue weighted by molar-refractivity contribution is 0.343. The standard InChI is InChI=1S/C11H10ClNO/c12-5-7-14-10-4-3-9-2-1-6-13-11(9)8-10/h1-4,6,8H,5,7H2. The normalized spacial score (nSPS) is 10.4. The molecule has 0 aliphatic heterocycles. The van der Waals surface area contributed by atoms with Crippen molar-refractivity contribution in [2.45, 2.75) is 0 Å². The van der Waals surface area contributed by atoms with Crippen molar-refractivity contribution in [2.24, 2.45) is 0 Å². The van der Waals surface area contributed by atoms with Crippen LogP contribution in [0, 0.1) is 0 Å². The lowest BCUT2D eigenvalue weighted by Gasteiger charge is -2.04. The smallest absolute Gasteiger partial charge is 0.121 e. The first kappa shape index (κ1) is 9.28. The van der Waals surface area contributed by atoms with Crippen LogP contribution in [-0.2, 0) is 0 Å². The van der Waals surface area contributed by atoms with E-state index in [2.05, 4.69) is 4.98 Å². The van der Waals surface area contributed by atoms with Crippen LogP contribution in [0.1, 0.15) is 0 Å². The van der Waals surface area contributed by atoms with Gasteiger partial charge in [0, 0.05) is 17.6 Å². The van der Waals surface area contributed by atoms with Gasteiger partial charge in [-0.05, 0) is 18.2 Å². The van der Waals surface area contributed by atoms with Crippen LogP contribution < -0.4 is 4.74 Å². The van der Waals surface area contributed by atoms with Gasteiger partial charge in [-0.1, -0.05) is 6.07 Å². The molecule has 0 aliphatic rings. The summed E-state index contributed by atoms with van der Waals surface area (Å²) in [4.78, 5) is 4.24. The van der Waals surface area contributed by atoms with Gasteiger partial charge in [0.1, 0.15) is 12.4 Å². The van der Waals surface area contributed by atoms with Gasteiger partial charge in [-0.3, -0.25) is 4.98 Å². The minimum Gasteiger partial charge on any atom is -0.492 e. The van der Waals surface area contributed by atoms with Crippen LogP contribution in [0.4, 0.5) is 0 Å². The SMILES string of the molecule is ClCCOc1ccc2cccnc2c1. The molecule has 0 saturated carbocycles. The summed E-state index contributed by atoms with van der Waals surface area (Å²) in [6.07, 6.45) is 1.77. The van der Waals surface area contributed by atoms with Crippen LogP contribution in [0.2, 0.25) is 0 Å². The van der Waals surface area contributed by atoms with Crippen LogP contribution >= 0.6 is 11.6 Å². The molecule has 1 heterocycles. The third-order valence-electron chi connectivity index (χ3n) is 1.92. The molecule has 0 saturated heterocycles. The highest BCUT2D eigenvalue weighted by molar-refractivity contribution is 6.18. The van der Waals surface area contributed by atoms with Gasteiger partial charge < -0.3 is 4.74 Å². The molecule has 2 nitrogen and oxygen atoms in total. The second kappa shape index (κ2) is 4.29. The monoisotopic (exact) mass is 207 g/mol. The number of nitrogens with zero attached hydrogens (tertiary/aromatic N) is 1. The molecule has 0 amide bonds. The van der Waals surface area contributed by atoms with Crippen molar-refractivity contribution in [2.75, 3.05) is 12.5 Å². The highest BCUT2D eigenvalue weighted by Gasteiger charge is 1.96. The summed E-state index contributed by atoms with van der Waals surface area (Å²) in [6.45, 7) is 0.528. The summed E-state index contributed by atoms with van der Waals surface area (Å²) >= 11 is 5.53. The van der Waals surface area contributed by atoms with Crippen LogP contribution in [0.25, 0.3) is 10.9 Å². The molecule has 0 atom stereocenters. The van der Waals surface area contributed by atoms with Crippen molar-refractivity contribution >= 4 is 22.5 Å². The summed E-state index contributed by atoms with van der Waals surface area (Å²) in [5.74, 6) is 1.32. The molecule has 0 aliphatic carbocycles. The number of aromatic nitrogens is 1. The Morgan fingerprint density at radius 3 is 3.07 bits per heavy atom. The van der Waals surface area contributed by atoms with Gasteiger partial charge in [-0.15, -0.1) is 11.6 Å². The molecule has 0 fully saturated rings. The largest absolute Gasteiger partial charge is 0.492 e. The zero-order valence-electron chi connectivity index (χ0n) is 7.61. The fraction of sp³-hybridized carbons (Fsp3) is 0.182. The Morgan fingerprint density at radius 2 is 2.21 bits per heavy atom. The molecular formula is C11H10ClNO. The van der Waals surface area contributed by atoms with Crippen molar-refractivity contribution < 1.29 is 4.74 Å². The van der Waals surface area contributed by atoms with E-state index in [0.29, 0.717) is 12.5 Å². The Labute approximate surface area is 87.5 Å². The van der Waals surface area contributed by atoms with Crippen LogP contribution in [0.5, 0.6) is 5.75 Å². The van der Waals surface area contributed by atoms with E-state index in [4.69, 9.17) is 16.3 Å². The third-order valence-corrected chi connectivity index (χ3v) is 2.08. The molecule has 1 aromatic carbocycles. The first-order chi connectivity index (χ1) is 6.90. The Morgan fingerprint density at radius 1 is 1.29 bits per heavy atom. The van der Waals surface area contributed by atoms with E-state index in [1.54, 1.807) is 6.20 Å². The fourth-order valence-corrected chi connectivity index (χ4v) is 1.37. The summed E-state index contributed by atoms with van der Waals surface area (Å²) in [5.41, 5.74) is 0.944. The molecule has 2 rings (SSSR count). The molecule has 0 bridgehead atoms. The maximum atomic E-state index is 5.53. The fourth-order valence-electron chi connectivity index (χ4n) is 1.29. The molecule has 0 radical (unpaired) electrons. The Balaban J connectivity index is 2.32. The lowest BCUT2D eigenvalue weighted by Crippen LogP contribution is -1.97. The minimum atomic E-state index is 0.500. The second-order valence-electron chi connectivity index (χ2n) is 2.90. The number of hydrogen-bond acceptors (Lipinski definition) is 2. The van der Waals surface area contributed by atoms with E-state index in [9.17, 15) is 0 Å². The number of benzene rings is 1. The number of halogens is 1. The number of rotatable bonds is 3. The van der Waals surface area contributed by atoms with E-state index >= 15 is 0 Å². The number of alkyl halides is 1. The molecule has 0 spiro atoms. The van der Waals surface area contributed by atoms with Crippen LogP contribution in [0.15, 0.2) is 36.5 Å². The summed E-state index contributed by atoms with van der Waals surface area (Å²) in [6, 6.07) is 9.78. The molecule has 0 N–H and O–H groups in total. The van der Waals surface area contributed by atoms with Crippen molar-refractivity contribution in [1.29, 1.82) is 0 Å². The van der Waals surface area contributed by atoms with E-state index in [0.717, 1.165) is 16.7 Å². The van der Waals surface area contributed by atoms with Crippen molar-refractivity contribution in [1.82, 2.24) is 4.98 Å². The predicted molar refractivity (Wildman–Crippen MR) is 58.0 cm³/mol. The average molecular weight is 208 g/mol. The topological polar surface area (TPSA) is 22.1 Å². The maximum absolute atomic E-state index is 5.53. The molecule has 1 aromatic heterocycles. The summed E-state index contributed by atoms with van der Waals surface area (Å²) in [7, 11) is 0. The number of fused-ring (bicyclic) bond motifs is 1. The minimum absolute atomic E-state index is 0.500. The second-order valence-corrected chi connectivity index (χ2v) is 3.27. The maximum Gasteiger partial charge on any atom is 0.121 e. The van der Waals surface area contributed by atoms with Gasteiger partial charge in [0.05, 0.1) is 11.4 Å². The van der Waals surface area contributed by atoms with Crippen molar-refractivity contribution in [3.05, 3.63) is 36.5 Å².